The molecule has 3 heteroatoms. The van der Waals surface area contributed by atoms with Crippen LogP contribution in [0.5, 0.6) is 0 Å². The summed E-state index contributed by atoms with van der Waals surface area (Å²) in [6, 6.07) is 10.5. The Bertz CT molecular complexity index is 566. The van der Waals surface area contributed by atoms with Gasteiger partial charge in [0.1, 0.15) is 5.60 Å². The van der Waals surface area contributed by atoms with Crippen LogP contribution in [0.2, 0.25) is 0 Å². The molecule has 152 valence electrons. The molecule has 0 spiro atoms. The number of unbranched alkanes of at least 4 members (excludes halogenated alkanes) is 4. The van der Waals surface area contributed by atoms with E-state index in [0.717, 1.165) is 19.3 Å². The number of allylic oxidation sites excluding steroid dienone is 1. The summed E-state index contributed by atoms with van der Waals surface area (Å²) < 4.78 is 0. The third-order valence-corrected chi connectivity index (χ3v) is 5.77. The molecule has 0 unspecified atom stereocenters. The molecule has 27 heavy (non-hydrogen) atoms. The van der Waals surface area contributed by atoms with Gasteiger partial charge >= 0.3 is 0 Å². The first-order valence-electron chi connectivity index (χ1n) is 10.6. The van der Waals surface area contributed by atoms with E-state index in [-0.39, 0.29) is 11.5 Å². The third-order valence-electron chi connectivity index (χ3n) is 5.77. The van der Waals surface area contributed by atoms with Gasteiger partial charge in [0, 0.05) is 5.92 Å². The first-order valence-corrected chi connectivity index (χ1v) is 10.6. The van der Waals surface area contributed by atoms with Gasteiger partial charge < -0.3 is 5.11 Å². The molecule has 0 aliphatic carbocycles. The minimum atomic E-state index is -1.17. The fourth-order valence-electron chi connectivity index (χ4n) is 3.99. The molecule has 1 N–H and O–H groups in total. The van der Waals surface area contributed by atoms with E-state index in [9.17, 15) is 5.11 Å². The van der Waals surface area contributed by atoms with Gasteiger partial charge in [0.2, 0.25) is 0 Å². The summed E-state index contributed by atoms with van der Waals surface area (Å²) in [5.74, 6) is -0.489. The van der Waals surface area contributed by atoms with E-state index in [1.165, 1.54) is 37.7 Å². The Kier molecular flexibility index (Phi) is 8.53. The molecule has 1 saturated heterocycles. The average Bonchev–Trinajstić information content (AvgIpc) is 2.62. The van der Waals surface area contributed by atoms with Crippen molar-refractivity contribution in [1.29, 1.82) is 0 Å². The quantitative estimate of drug-likeness (QED) is 0.374. The zero-order valence-electron chi connectivity index (χ0n) is 17.6. The predicted octanol–water partition coefficient (Wildman–Crippen LogP) is 6.52. The van der Waals surface area contributed by atoms with Gasteiger partial charge in [0.25, 0.3) is 0 Å². The second-order valence-corrected chi connectivity index (χ2v) is 8.89. The SMILES string of the molecule is C[C@H](CCCCCCC=Cc1ccccc1)C[C@@]1(C)C[C@@H](C)[C@@](C)(O)OO1. The van der Waals surface area contributed by atoms with Crippen molar-refractivity contribution in [2.45, 2.75) is 90.4 Å². The molecule has 1 aromatic carbocycles. The number of rotatable bonds is 10. The summed E-state index contributed by atoms with van der Waals surface area (Å²) in [7, 11) is 0. The number of hydrogen-bond donors (Lipinski definition) is 1. The molecular weight excluding hydrogens is 336 g/mol. The van der Waals surface area contributed by atoms with Crippen molar-refractivity contribution in [2.75, 3.05) is 0 Å². The predicted molar refractivity (Wildman–Crippen MR) is 112 cm³/mol. The Morgan fingerprint density at radius 2 is 1.81 bits per heavy atom. The van der Waals surface area contributed by atoms with Gasteiger partial charge in [-0.1, -0.05) is 82.0 Å². The molecule has 1 fully saturated rings. The summed E-state index contributed by atoms with van der Waals surface area (Å²) in [6.45, 7) is 8.11. The van der Waals surface area contributed by atoms with Gasteiger partial charge in [-0.15, -0.1) is 0 Å². The molecule has 0 bridgehead atoms. The lowest BCUT2D eigenvalue weighted by Crippen LogP contribution is -2.49. The number of benzene rings is 1. The van der Waals surface area contributed by atoms with Crippen molar-refractivity contribution in [3.05, 3.63) is 42.0 Å². The maximum atomic E-state index is 10.1. The Balaban J connectivity index is 1.54. The van der Waals surface area contributed by atoms with Crippen molar-refractivity contribution in [1.82, 2.24) is 0 Å². The second-order valence-electron chi connectivity index (χ2n) is 8.89. The van der Waals surface area contributed by atoms with Crippen molar-refractivity contribution < 1.29 is 14.9 Å². The van der Waals surface area contributed by atoms with Crippen LogP contribution in [-0.4, -0.2) is 16.5 Å². The Morgan fingerprint density at radius 1 is 1.11 bits per heavy atom. The molecule has 0 amide bonds. The van der Waals surface area contributed by atoms with Crippen LogP contribution in [-0.2, 0) is 9.78 Å². The van der Waals surface area contributed by atoms with Crippen LogP contribution in [0, 0.1) is 11.8 Å². The molecule has 1 aliphatic rings. The maximum Gasteiger partial charge on any atom is 0.198 e. The highest BCUT2D eigenvalue weighted by Gasteiger charge is 2.44. The van der Waals surface area contributed by atoms with Crippen molar-refractivity contribution in [3.63, 3.8) is 0 Å². The monoisotopic (exact) mass is 374 g/mol. The Labute approximate surface area is 165 Å². The normalized spacial score (nSPS) is 29.9. The van der Waals surface area contributed by atoms with Gasteiger partial charge in [0.15, 0.2) is 5.79 Å². The van der Waals surface area contributed by atoms with E-state index in [2.05, 4.69) is 56.3 Å². The molecule has 1 heterocycles. The fourth-order valence-corrected chi connectivity index (χ4v) is 3.99. The van der Waals surface area contributed by atoms with E-state index in [4.69, 9.17) is 9.78 Å². The Hall–Kier alpha value is -1.16. The lowest BCUT2D eigenvalue weighted by molar-refractivity contribution is -0.493. The molecule has 0 aromatic heterocycles. The topological polar surface area (TPSA) is 38.7 Å². The highest BCUT2D eigenvalue weighted by Crippen LogP contribution is 2.40. The Morgan fingerprint density at radius 3 is 2.52 bits per heavy atom. The van der Waals surface area contributed by atoms with Crippen molar-refractivity contribution in [3.8, 4) is 0 Å². The van der Waals surface area contributed by atoms with E-state index in [0.29, 0.717) is 5.92 Å². The largest absolute Gasteiger partial charge is 0.363 e. The molecular formula is C24H38O3. The molecule has 3 nitrogen and oxygen atoms in total. The highest BCUT2D eigenvalue weighted by molar-refractivity contribution is 5.48. The summed E-state index contributed by atoms with van der Waals surface area (Å²) in [5, 5.41) is 10.1. The molecule has 1 aliphatic heterocycles. The van der Waals surface area contributed by atoms with Gasteiger partial charge in [-0.05, 0) is 51.0 Å². The standard InChI is InChI=1S/C24H38O3/c1-20(18-23(3)19-21(2)24(4,25)27-26-23)14-10-7-5-6-8-11-15-22-16-12-9-13-17-22/h9,11-13,15-17,20-21,25H,5-8,10,14,18-19H2,1-4H3/t20-,21-,23+,24+/m1/s1. The van der Waals surface area contributed by atoms with Crippen LogP contribution in [0.4, 0.5) is 0 Å². The first-order chi connectivity index (χ1) is 12.8. The minimum absolute atomic E-state index is 0.0763. The van der Waals surface area contributed by atoms with Gasteiger partial charge in [-0.3, -0.25) is 0 Å². The van der Waals surface area contributed by atoms with Crippen LogP contribution in [0.3, 0.4) is 0 Å². The molecule has 0 radical (unpaired) electrons. The van der Waals surface area contributed by atoms with E-state index < -0.39 is 5.79 Å². The van der Waals surface area contributed by atoms with E-state index >= 15 is 0 Å². The van der Waals surface area contributed by atoms with Crippen molar-refractivity contribution >= 4 is 6.08 Å². The van der Waals surface area contributed by atoms with Crippen LogP contribution in [0.25, 0.3) is 6.08 Å². The number of aliphatic hydroxyl groups is 1. The molecule has 2 rings (SSSR count). The smallest absolute Gasteiger partial charge is 0.198 e. The number of hydrogen-bond acceptors (Lipinski definition) is 3. The van der Waals surface area contributed by atoms with Gasteiger partial charge in [-0.25, -0.2) is 9.78 Å². The minimum Gasteiger partial charge on any atom is -0.363 e. The maximum absolute atomic E-state index is 10.1. The van der Waals surface area contributed by atoms with Gasteiger partial charge in [-0.2, -0.15) is 0 Å². The summed E-state index contributed by atoms with van der Waals surface area (Å²) in [5.41, 5.74) is 0.994. The lowest BCUT2D eigenvalue weighted by atomic mass is 9.81. The second kappa shape index (κ2) is 10.4. The summed E-state index contributed by atoms with van der Waals surface area (Å²) in [6.07, 6.45) is 13.8. The zero-order chi connectivity index (χ0) is 19.8. The zero-order valence-corrected chi connectivity index (χ0v) is 17.6. The van der Waals surface area contributed by atoms with Crippen LogP contribution in [0.15, 0.2) is 36.4 Å². The molecule has 0 saturated carbocycles. The van der Waals surface area contributed by atoms with E-state index in [1.807, 2.05) is 6.92 Å². The highest BCUT2D eigenvalue weighted by atomic mass is 17.2. The van der Waals surface area contributed by atoms with E-state index in [1.54, 1.807) is 6.92 Å². The van der Waals surface area contributed by atoms with Gasteiger partial charge in [0.05, 0.1) is 0 Å². The third kappa shape index (κ3) is 7.77. The van der Waals surface area contributed by atoms with Crippen LogP contribution < -0.4 is 0 Å². The lowest BCUT2D eigenvalue weighted by Gasteiger charge is -2.44. The van der Waals surface area contributed by atoms with Crippen molar-refractivity contribution in [2.24, 2.45) is 11.8 Å². The molecule has 4 atom stereocenters. The molecule has 1 aromatic rings. The van der Waals surface area contributed by atoms with Crippen LogP contribution in [0.1, 0.15) is 84.6 Å². The van der Waals surface area contributed by atoms with Crippen LogP contribution >= 0.6 is 0 Å². The fraction of sp³-hybridized carbons (Fsp3) is 0.667. The average molecular weight is 375 g/mol. The first kappa shape index (κ1) is 22.1. The summed E-state index contributed by atoms with van der Waals surface area (Å²) in [4.78, 5) is 10.8. The summed E-state index contributed by atoms with van der Waals surface area (Å²) >= 11 is 0.